The van der Waals surface area contributed by atoms with Gasteiger partial charge in [0.15, 0.2) is 5.96 Å². The van der Waals surface area contributed by atoms with Crippen molar-refractivity contribution < 1.29 is 4.79 Å². The van der Waals surface area contributed by atoms with E-state index in [9.17, 15) is 4.79 Å². The van der Waals surface area contributed by atoms with Crippen LogP contribution in [0, 0.1) is 0 Å². The van der Waals surface area contributed by atoms with Gasteiger partial charge in [0, 0.05) is 37.8 Å². The summed E-state index contributed by atoms with van der Waals surface area (Å²) in [6.07, 6.45) is 2.24. The number of benzene rings is 1. The van der Waals surface area contributed by atoms with Crippen molar-refractivity contribution >= 4 is 41.5 Å². The topological polar surface area (TPSA) is 78.4 Å². The molecule has 3 N–H and O–H groups in total. The molecule has 25 heavy (non-hydrogen) atoms. The van der Waals surface area contributed by atoms with Crippen LogP contribution in [0.3, 0.4) is 0 Å². The lowest BCUT2D eigenvalue weighted by Crippen LogP contribution is -2.40. The number of amides is 1. The summed E-state index contributed by atoms with van der Waals surface area (Å²) in [5.41, 5.74) is 3.00. The zero-order valence-electron chi connectivity index (χ0n) is 14.0. The first kappa shape index (κ1) is 19.2. The van der Waals surface area contributed by atoms with Gasteiger partial charge in [-0.1, -0.05) is 24.3 Å². The third-order valence-electron chi connectivity index (χ3n) is 4.01. The highest BCUT2D eigenvalue weighted by atomic mass is 127. The van der Waals surface area contributed by atoms with E-state index in [0.717, 1.165) is 16.9 Å². The van der Waals surface area contributed by atoms with E-state index < -0.39 is 0 Å². The monoisotopic (exact) mass is 451 g/mol. The normalized spacial score (nSPS) is 16.3. The lowest BCUT2D eigenvalue weighted by molar-refractivity contribution is -0.116. The van der Waals surface area contributed by atoms with Gasteiger partial charge >= 0.3 is 0 Å². The van der Waals surface area contributed by atoms with Crippen LogP contribution in [0.2, 0.25) is 0 Å². The van der Waals surface area contributed by atoms with Crippen molar-refractivity contribution in [2.75, 3.05) is 18.9 Å². The predicted molar refractivity (Wildman–Crippen MR) is 110 cm³/mol. The zero-order chi connectivity index (χ0) is 16.8. The van der Waals surface area contributed by atoms with Crippen LogP contribution in [0.1, 0.15) is 23.6 Å². The Bertz CT molecular complexity index is 735. The summed E-state index contributed by atoms with van der Waals surface area (Å²) in [6.45, 7) is 1.24. The number of nitrogens with zero attached hydrogens (tertiary/aromatic N) is 2. The molecule has 0 saturated heterocycles. The van der Waals surface area contributed by atoms with Crippen LogP contribution in [-0.2, 0) is 11.3 Å². The van der Waals surface area contributed by atoms with Crippen LogP contribution in [0.25, 0.3) is 0 Å². The zero-order valence-corrected chi connectivity index (χ0v) is 16.4. The first-order chi connectivity index (χ1) is 11.8. The Kier molecular flexibility index (Phi) is 7.17. The number of hydrogen-bond acceptors (Lipinski definition) is 3. The molecule has 3 rings (SSSR count). The number of guanidine groups is 1. The van der Waals surface area contributed by atoms with E-state index in [1.165, 1.54) is 0 Å². The van der Waals surface area contributed by atoms with Gasteiger partial charge in [-0.15, -0.1) is 24.0 Å². The Labute approximate surface area is 164 Å². The molecule has 1 atom stereocenters. The Morgan fingerprint density at radius 2 is 2.04 bits per heavy atom. The number of carbonyl (C=O) groups excluding carboxylic acids is 1. The summed E-state index contributed by atoms with van der Waals surface area (Å²) in [4.78, 5) is 20.4. The van der Waals surface area contributed by atoms with Crippen molar-refractivity contribution in [1.29, 1.82) is 0 Å². The molecule has 0 saturated carbocycles. The third kappa shape index (κ3) is 5.15. The predicted octanol–water partition coefficient (Wildman–Crippen LogP) is 2.49. The minimum Gasteiger partial charge on any atom is -0.356 e. The summed E-state index contributed by atoms with van der Waals surface area (Å²) >= 11 is 0. The van der Waals surface area contributed by atoms with E-state index in [-0.39, 0.29) is 35.8 Å². The number of aliphatic imine (C=N–C) groups is 1. The molecule has 0 spiro atoms. The SMILES string of the molecule is CN=C(NCc1ccccn1)NCC1CC(=O)Nc2ccccc21.I. The number of anilines is 1. The highest BCUT2D eigenvalue weighted by Gasteiger charge is 2.24. The Morgan fingerprint density at radius 3 is 2.80 bits per heavy atom. The Morgan fingerprint density at radius 1 is 1.24 bits per heavy atom. The number of nitrogens with one attached hydrogen (secondary N) is 3. The molecule has 7 heteroatoms. The molecule has 1 aliphatic rings. The summed E-state index contributed by atoms with van der Waals surface area (Å²) < 4.78 is 0. The molecular formula is C18H22IN5O. The van der Waals surface area contributed by atoms with Crippen LogP contribution in [0.5, 0.6) is 0 Å². The second kappa shape index (κ2) is 9.36. The van der Waals surface area contributed by atoms with Gasteiger partial charge in [-0.05, 0) is 23.8 Å². The van der Waals surface area contributed by atoms with E-state index >= 15 is 0 Å². The number of para-hydroxylation sites is 1. The van der Waals surface area contributed by atoms with Crippen molar-refractivity contribution in [3.63, 3.8) is 0 Å². The van der Waals surface area contributed by atoms with Crippen LogP contribution in [0.15, 0.2) is 53.7 Å². The molecule has 6 nitrogen and oxygen atoms in total. The fourth-order valence-electron chi connectivity index (χ4n) is 2.80. The number of rotatable bonds is 4. The van der Waals surface area contributed by atoms with Crippen LogP contribution < -0.4 is 16.0 Å². The molecule has 1 amide bonds. The summed E-state index contributed by atoms with van der Waals surface area (Å²) in [5, 5.41) is 9.46. The smallest absolute Gasteiger partial charge is 0.225 e. The molecular weight excluding hydrogens is 429 g/mol. The Balaban J connectivity index is 0.00000225. The van der Waals surface area contributed by atoms with Crippen molar-refractivity contribution in [1.82, 2.24) is 15.6 Å². The molecule has 132 valence electrons. The molecule has 0 fully saturated rings. The largest absolute Gasteiger partial charge is 0.356 e. The second-order valence-electron chi connectivity index (χ2n) is 5.66. The number of halogens is 1. The maximum Gasteiger partial charge on any atom is 0.225 e. The lowest BCUT2D eigenvalue weighted by Gasteiger charge is -2.26. The molecule has 0 radical (unpaired) electrons. The average Bonchev–Trinajstić information content (AvgIpc) is 2.62. The highest BCUT2D eigenvalue weighted by molar-refractivity contribution is 14.0. The molecule has 1 unspecified atom stereocenters. The van der Waals surface area contributed by atoms with Crippen molar-refractivity contribution in [3.8, 4) is 0 Å². The Hall–Kier alpha value is -2.16. The fraction of sp³-hybridized carbons (Fsp3) is 0.278. The highest BCUT2D eigenvalue weighted by Crippen LogP contribution is 2.31. The number of pyridine rings is 1. The van der Waals surface area contributed by atoms with Gasteiger partial charge in [0.2, 0.25) is 5.91 Å². The standard InChI is InChI=1S/C18H21N5O.HI/c1-19-18(22-12-14-6-4-5-9-20-14)21-11-13-10-17(24)23-16-8-3-2-7-15(13)16;/h2-9,13H,10-12H2,1H3,(H,23,24)(H2,19,21,22);1H. The number of fused-ring (bicyclic) bond motifs is 1. The first-order valence-corrected chi connectivity index (χ1v) is 7.99. The summed E-state index contributed by atoms with van der Waals surface area (Å²) in [6, 6.07) is 13.7. The first-order valence-electron chi connectivity index (χ1n) is 7.99. The quantitative estimate of drug-likeness (QED) is 0.379. The molecule has 0 aliphatic carbocycles. The summed E-state index contributed by atoms with van der Waals surface area (Å²) in [5.74, 6) is 0.879. The van der Waals surface area contributed by atoms with Crippen molar-refractivity contribution in [2.24, 2.45) is 4.99 Å². The minimum atomic E-state index is 0. The van der Waals surface area contributed by atoms with E-state index in [1.54, 1.807) is 13.2 Å². The average molecular weight is 451 g/mol. The lowest BCUT2D eigenvalue weighted by atomic mass is 9.90. The van der Waals surface area contributed by atoms with E-state index in [2.05, 4.69) is 32.0 Å². The van der Waals surface area contributed by atoms with Crippen molar-refractivity contribution in [2.45, 2.75) is 18.9 Å². The minimum absolute atomic E-state index is 0. The van der Waals surface area contributed by atoms with Gasteiger partial charge in [0.05, 0.1) is 12.2 Å². The molecule has 1 aromatic carbocycles. The van der Waals surface area contributed by atoms with Gasteiger partial charge in [0.25, 0.3) is 0 Å². The maximum atomic E-state index is 11.9. The van der Waals surface area contributed by atoms with Crippen molar-refractivity contribution in [3.05, 3.63) is 59.9 Å². The molecule has 1 aromatic heterocycles. The molecule has 0 bridgehead atoms. The van der Waals surface area contributed by atoms with Crippen LogP contribution >= 0.6 is 24.0 Å². The van der Waals surface area contributed by atoms with Gasteiger partial charge in [-0.3, -0.25) is 14.8 Å². The molecule has 2 aromatic rings. The third-order valence-corrected chi connectivity index (χ3v) is 4.01. The van der Waals surface area contributed by atoms with Crippen LogP contribution in [-0.4, -0.2) is 30.4 Å². The van der Waals surface area contributed by atoms with E-state index in [1.807, 2.05) is 36.4 Å². The molecule has 2 heterocycles. The van der Waals surface area contributed by atoms with Gasteiger partial charge in [0.1, 0.15) is 0 Å². The second-order valence-corrected chi connectivity index (χ2v) is 5.66. The van der Waals surface area contributed by atoms with E-state index in [0.29, 0.717) is 25.5 Å². The number of aromatic nitrogens is 1. The van der Waals surface area contributed by atoms with Gasteiger partial charge in [-0.25, -0.2) is 0 Å². The van der Waals surface area contributed by atoms with Gasteiger partial charge < -0.3 is 16.0 Å². The fourth-order valence-corrected chi connectivity index (χ4v) is 2.80. The summed E-state index contributed by atoms with van der Waals surface area (Å²) in [7, 11) is 1.73. The number of hydrogen-bond donors (Lipinski definition) is 3. The van der Waals surface area contributed by atoms with E-state index in [4.69, 9.17) is 0 Å². The maximum absolute atomic E-state index is 11.9. The molecule has 1 aliphatic heterocycles. The van der Waals surface area contributed by atoms with Gasteiger partial charge in [-0.2, -0.15) is 0 Å². The van der Waals surface area contributed by atoms with Crippen LogP contribution in [0.4, 0.5) is 5.69 Å². The number of carbonyl (C=O) groups is 1.